The van der Waals surface area contributed by atoms with Gasteiger partial charge in [-0.1, -0.05) is 17.7 Å². The molecule has 0 bridgehead atoms. The molecular weight excluding hydrogens is 320 g/mol. The Bertz CT molecular complexity index is 706. The van der Waals surface area contributed by atoms with Crippen molar-refractivity contribution in [2.75, 3.05) is 19.0 Å². The van der Waals surface area contributed by atoms with Crippen LogP contribution in [-0.4, -0.2) is 29.8 Å². The summed E-state index contributed by atoms with van der Waals surface area (Å²) in [6.07, 6.45) is 0. The van der Waals surface area contributed by atoms with E-state index < -0.39 is 5.97 Å². The van der Waals surface area contributed by atoms with Crippen molar-refractivity contribution in [1.82, 2.24) is 4.98 Å². The first-order valence-electron chi connectivity index (χ1n) is 6.98. The van der Waals surface area contributed by atoms with Crippen LogP contribution >= 0.6 is 11.6 Å². The molecule has 2 N–H and O–H groups in total. The maximum absolute atomic E-state index is 10.9. The fraction of sp³-hybridized carbons (Fsp3) is 0.250. The largest absolute Gasteiger partial charge is 0.493 e. The Balaban J connectivity index is 2.16. The number of pyridine rings is 1. The van der Waals surface area contributed by atoms with Gasteiger partial charge in [-0.25, -0.2) is 9.78 Å². The number of hydrogen-bond donors (Lipinski definition) is 2. The van der Waals surface area contributed by atoms with Gasteiger partial charge in [0.25, 0.3) is 0 Å². The number of aromatic carboxylic acids is 1. The van der Waals surface area contributed by atoms with E-state index in [-0.39, 0.29) is 5.69 Å². The van der Waals surface area contributed by atoms with E-state index in [4.69, 9.17) is 26.2 Å². The number of halogens is 1. The van der Waals surface area contributed by atoms with Crippen LogP contribution in [0.25, 0.3) is 0 Å². The van der Waals surface area contributed by atoms with Gasteiger partial charge in [-0.3, -0.25) is 0 Å². The lowest BCUT2D eigenvalue weighted by molar-refractivity contribution is 0.0690. The predicted molar refractivity (Wildman–Crippen MR) is 87.7 cm³/mol. The fourth-order valence-electron chi connectivity index (χ4n) is 2.00. The molecule has 0 fully saturated rings. The summed E-state index contributed by atoms with van der Waals surface area (Å²) in [5, 5.41) is 12.5. The van der Waals surface area contributed by atoms with Gasteiger partial charge in [-0.15, -0.1) is 0 Å². The average Bonchev–Trinajstić information content (AvgIpc) is 2.55. The molecule has 0 saturated carbocycles. The minimum atomic E-state index is -1.07. The van der Waals surface area contributed by atoms with Gasteiger partial charge in [-0.2, -0.15) is 0 Å². The summed E-state index contributed by atoms with van der Waals surface area (Å²) in [5.41, 5.74) is 0.843. The highest BCUT2D eigenvalue weighted by Crippen LogP contribution is 2.36. The number of nitrogens with one attached hydrogen (secondary N) is 1. The first-order valence-corrected chi connectivity index (χ1v) is 7.36. The standard InChI is InChI=1S/C16H17ClN2O4/c1-3-23-15-11(17)7-10(8-13(15)22-2)9-18-14-6-4-5-12(19-14)16(20)21/h4-8H,3,9H2,1-2H3,(H,18,19)(H,20,21). The van der Waals surface area contributed by atoms with Gasteiger partial charge in [0.2, 0.25) is 0 Å². The summed E-state index contributed by atoms with van der Waals surface area (Å²) >= 11 is 6.21. The van der Waals surface area contributed by atoms with Crippen molar-refractivity contribution in [3.8, 4) is 11.5 Å². The van der Waals surface area contributed by atoms with Gasteiger partial charge in [0.15, 0.2) is 17.2 Å². The Hall–Kier alpha value is -2.47. The summed E-state index contributed by atoms with van der Waals surface area (Å²) < 4.78 is 10.8. The number of hydrogen-bond acceptors (Lipinski definition) is 5. The number of carboxylic acids is 1. The van der Waals surface area contributed by atoms with Gasteiger partial charge in [0.05, 0.1) is 18.7 Å². The van der Waals surface area contributed by atoms with E-state index in [0.29, 0.717) is 35.5 Å². The third-order valence-corrected chi connectivity index (χ3v) is 3.30. The highest BCUT2D eigenvalue weighted by Gasteiger charge is 2.12. The number of ether oxygens (including phenoxy) is 2. The summed E-state index contributed by atoms with van der Waals surface area (Å²) in [7, 11) is 1.54. The number of carboxylic acid groups (broad SMARTS) is 1. The van der Waals surface area contributed by atoms with Crippen LogP contribution in [0.15, 0.2) is 30.3 Å². The molecule has 6 nitrogen and oxygen atoms in total. The van der Waals surface area contributed by atoms with Crippen LogP contribution in [0, 0.1) is 0 Å². The highest BCUT2D eigenvalue weighted by molar-refractivity contribution is 6.32. The highest BCUT2D eigenvalue weighted by atomic mass is 35.5. The van der Waals surface area contributed by atoms with Crippen molar-refractivity contribution >= 4 is 23.4 Å². The Kier molecular flexibility index (Phi) is 5.65. The number of methoxy groups -OCH3 is 1. The molecule has 0 radical (unpaired) electrons. The number of benzene rings is 1. The molecule has 0 atom stereocenters. The zero-order valence-corrected chi connectivity index (χ0v) is 13.6. The molecule has 0 aliphatic carbocycles. The van der Waals surface area contributed by atoms with Crippen LogP contribution in [0.5, 0.6) is 11.5 Å². The van der Waals surface area contributed by atoms with Gasteiger partial charge >= 0.3 is 5.97 Å². The zero-order chi connectivity index (χ0) is 16.8. The smallest absolute Gasteiger partial charge is 0.354 e. The molecule has 0 amide bonds. The number of rotatable bonds is 7. The fourth-order valence-corrected chi connectivity index (χ4v) is 2.29. The summed E-state index contributed by atoms with van der Waals surface area (Å²) in [6.45, 7) is 2.77. The third kappa shape index (κ3) is 4.26. The SMILES string of the molecule is CCOc1c(Cl)cc(CNc2cccc(C(=O)O)n2)cc1OC. The lowest BCUT2D eigenvalue weighted by Crippen LogP contribution is -2.06. The molecule has 7 heteroatoms. The minimum absolute atomic E-state index is 0.0164. The predicted octanol–water partition coefficient (Wildman–Crippen LogP) is 3.45. The maximum atomic E-state index is 10.9. The first-order chi connectivity index (χ1) is 11.0. The van der Waals surface area contributed by atoms with Crippen molar-refractivity contribution in [3.05, 3.63) is 46.6 Å². The second-order valence-electron chi connectivity index (χ2n) is 4.61. The van der Waals surface area contributed by atoms with Crippen LogP contribution in [0.4, 0.5) is 5.82 Å². The molecule has 0 spiro atoms. The lowest BCUT2D eigenvalue weighted by Gasteiger charge is -2.13. The normalized spacial score (nSPS) is 10.2. The Morgan fingerprint density at radius 1 is 1.39 bits per heavy atom. The topological polar surface area (TPSA) is 80.7 Å². The van der Waals surface area contributed by atoms with E-state index in [1.54, 1.807) is 25.3 Å². The van der Waals surface area contributed by atoms with E-state index in [0.717, 1.165) is 5.56 Å². The van der Waals surface area contributed by atoms with E-state index in [9.17, 15) is 4.79 Å². The van der Waals surface area contributed by atoms with E-state index in [1.807, 2.05) is 13.0 Å². The summed E-state index contributed by atoms with van der Waals surface area (Å²) in [6, 6.07) is 8.34. The third-order valence-electron chi connectivity index (χ3n) is 3.02. The van der Waals surface area contributed by atoms with Gasteiger partial charge < -0.3 is 19.9 Å². The maximum Gasteiger partial charge on any atom is 0.354 e. The van der Waals surface area contributed by atoms with Crippen LogP contribution in [-0.2, 0) is 6.54 Å². The molecule has 122 valence electrons. The zero-order valence-electron chi connectivity index (χ0n) is 12.8. The van der Waals surface area contributed by atoms with Crippen molar-refractivity contribution in [1.29, 1.82) is 0 Å². The molecule has 1 aromatic heterocycles. The first kappa shape index (κ1) is 16.9. The number of carbonyl (C=O) groups is 1. The Morgan fingerprint density at radius 3 is 2.83 bits per heavy atom. The van der Waals surface area contributed by atoms with Crippen LogP contribution in [0.3, 0.4) is 0 Å². The molecule has 1 heterocycles. The van der Waals surface area contributed by atoms with Crippen LogP contribution in [0.2, 0.25) is 5.02 Å². The molecule has 2 aromatic rings. The molecule has 2 rings (SSSR count). The quantitative estimate of drug-likeness (QED) is 0.806. The van der Waals surface area contributed by atoms with Gasteiger partial charge in [0.1, 0.15) is 5.82 Å². The molecule has 0 aliphatic rings. The summed E-state index contributed by atoms with van der Waals surface area (Å²) in [5.74, 6) is 0.447. The Labute approximate surface area is 139 Å². The van der Waals surface area contributed by atoms with Crippen molar-refractivity contribution in [3.63, 3.8) is 0 Å². The number of anilines is 1. The molecular formula is C16H17ClN2O4. The van der Waals surface area contributed by atoms with Gasteiger partial charge in [-0.05, 0) is 36.8 Å². The molecule has 0 saturated heterocycles. The molecule has 23 heavy (non-hydrogen) atoms. The molecule has 0 aliphatic heterocycles. The van der Waals surface area contributed by atoms with E-state index in [2.05, 4.69) is 10.3 Å². The average molecular weight is 337 g/mol. The molecule has 1 aromatic carbocycles. The minimum Gasteiger partial charge on any atom is -0.493 e. The van der Waals surface area contributed by atoms with Crippen LogP contribution < -0.4 is 14.8 Å². The van der Waals surface area contributed by atoms with E-state index >= 15 is 0 Å². The van der Waals surface area contributed by atoms with Crippen molar-refractivity contribution in [2.45, 2.75) is 13.5 Å². The Morgan fingerprint density at radius 2 is 2.17 bits per heavy atom. The number of nitrogens with zero attached hydrogens (tertiary/aromatic N) is 1. The summed E-state index contributed by atoms with van der Waals surface area (Å²) in [4.78, 5) is 14.9. The lowest BCUT2D eigenvalue weighted by atomic mass is 10.2. The molecule has 0 unspecified atom stereocenters. The second-order valence-corrected chi connectivity index (χ2v) is 5.02. The van der Waals surface area contributed by atoms with Crippen LogP contribution in [0.1, 0.15) is 23.0 Å². The van der Waals surface area contributed by atoms with Gasteiger partial charge in [0, 0.05) is 6.54 Å². The monoisotopic (exact) mass is 336 g/mol. The van der Waals surface area contributed by atoms with Crippen molar-refractivity contribution < 1.29 is 19.4 Å². The van der Waals surface area contributed by atoms with Crippen molar-refractivity contribution in [2.24, 2.45) is 0 Å². The second kappa shape index (κ2) is 7.69. The van der Waals surface area contributed by atoms with E-state index in [1.165, 1.54) is 6.07 Å². The number of aromatic nitrogens is 1.